The standard InChI is InChI=1S/C18H27BrN2O2/c1-13(2)23-17-11-15(10-16(19)12-17)18(22)21-8-5-14(6-9-21)4-7-20-3/h10-14,20H,4-9H2,1-3H3. The van der Waals surface area contributed by atoms with Crippen LogP contribution in [-0.4, -0.2) is 43.6 Å². The molecule has 1 heterocycles. The quantitative estimate of drug-likeness (QED) is 0.815. The van der Waals surface area contributed by atoms with Gasteiger partial charge >= 0.3 is 0 Å². The first kappa shape index (κ1) is 18.3. The predicted octanol–water partition coefficient (Wildman–Crippen LogP) is 3.70. The molecule has 0 spiro atoms. The summed E-state index contributed by atoms with van der Waals surface area (Å²) in [4.78, 5) is 14.7. The van der Waals surface area contributed by atoms with Crippen LogP contribution in [0.4, 0.5) is 0 Å². The number of hydrogen-bond acceptors (Lipinski definition) is 3. The van der Waals surface area contributed by atoms with Crippen molar-refractivity contribution in [2.24, 2.45) is 5.92 Å². The zero-order valence-corrected chi connectivity index (χ0v) is 15.9. The number of nitrogens with one attached hydrogen (secondary N) is 1. The SMILES string of the molecule is CNCCC1CCN(C(=O)c2cc(Br)cc(OC(C)C)c2)CC1. The Bertz CT molecular complexity index is 526. The maximum absolute atomic E-state index is 12.7. The van der Waals surface area contributed by atoms with Crippen LogP contribution in [0.1, 0.15) is 43.5 Å². The van der Waals surface area contributed by atoms with Crippen LogP contribution >= 0.6 is 15.9 Å². The summed E-state index contributed by atoms with van der Waals surface area (Å²) >= 11 is 3.48. The molecule has 5 heteroatoms. The van der Waals surface area contributed by atoms with Crippen molar-refractivity contribution in [3.05, 3.63) is 28.2 Å². The molecule has 1 fully saturated rings. The average molecular weight is 383 g/mol. The number of nitrogens with zero attached hydrogens (tertiary/aromatic N) is 1. The predicted molar refractivity (Wildman–Crippen MR) is 97.1 cm³/mol. The van der Waals surface area contributed by atoms with Crippen LogP contribution < -0.4 is 10.1 Å². The summed E-state index contributed by atoms with van der Waals surface area (Å²) in [5.74, 6) is 1.57. The highest BCUT2D eigenvalue weighted by Gasteiger charge is 2.24. The molecule has 2 rings (SSSR count). The molecule has 128 valence electrons. The van der Waals surface area contributed by atoms with E-state index in [-0.39, 0.29) is 12.0 Å². The maximum Gasteiger partial charge on any atom is 0.254 e. The average Bonchev–Trinajstić information content (AvgIpc) is 2.51. The van der Waals surface area contributed by atoms with Crippen LogP contribution in [0.3, 0.4) is 0 Å². The van der Waals surface area contributed by atoms with E-state index in [2.05, 4.69) is 21.2 Å². The van der Waals surface area contributed by atoms with Crippen molar-refractivity contribution in [3.63, 3.8) is 0 Å². The van der Waals surface area contributed by atoms with E-state index >= 15 is 0 Å². The first-order valence-electron chi connectivity index (χ1n) is 8.40. The number of likely N-dealkylation sites (tertiary alicyclic amines) is 1. The molecule has 1 aliphatic rings. The minimum Gasteiger partial charge on any atom is -0.491 e. The Hall–Kier alpha value is -1.07. The molecule has 23 heavy (non-hydrogen) atoms. The summed E-state index contributed by atoms with van der Waals surface area (Å²) in [6, 6.07) is 5.63. The Morgan fingerprint density at radius 1 is 1.35 bits per heavy atom. The molecule has 0 atom stereocenters. The van der Waals surface area contributed by atoms with Gasteiger partial charge in [-0.25, -0.2) is 0 Å². The molecule has 4 nitrogen and oxygen atoms in total. The minimum absolute atomic E-state index is 0.0928. The number of amides is 1. The summed E-state index contributed by atoms with van der Waals surface area (Å²) in [6.45, 7) is 6.72. The lowest BCUT2D eigenvalue weighted by Crippen LogP contribution is -2.39. The molecular formula is C18H27BrN2O2. The molecule has 0 bridgehead atoms. The van der Waals surface area contributed by atoms with Gasteiger partial charge in [-0.15, -0.1) is 0 Å². The van der Waals surface area contributed by atoms with E-state index < -0.39 is 0 Å². The number of carbonyl (C=O) groups is 1. The fraction of sp³-hybridized carbons (Fsp3) is 0.611. The lowest BCUT2D eigenvalue weighted by molar-refractivity contribution is 0.0686. The largest absolute Gasteiger partial charge is 0.491 e. The molecule has 0 saturated carbocycles. The van der Waals surface area contributed by atoms with Crippen molar-refractivity contribution in [1.29, 1.82) is 0 Å². The Morgan fingerprint density at radius 2 is 2.04 bits per heavy atom. The number of carbonyl (C=O) groups excluding carboxylic acids is 1. The zero-order valence-electron chi connectivity index (χ0n) is 14.3. The van der Waals surface area contributed by atoms with Gasteiger partial charge in [0, 0.05) is 23.1 Å². The number of rotatable bonds is 6. The first-order valence-corrected chi connectivity index (χ1v) is 9.20. The second-order valence-electron chi connectivity index (χ2n) is 6.47. The van der Waals surface area contributed by atoms with Crippen LogP contribution in [0.25, 0.3) is 0 Å². The van der Waals surface area contributed by atoms with Gasteiger partial charge in [0.15, 0.2) is 0 Å². The van der Waals surface area contributed by atoms with Crippen molar-refractivity contribution in [2.45, 2.75) is 39.2 Å². The van der Waals surface area contributed by atoms with Gasteiger partial charge in [0.2, 0.25) is 0 Å². The topological polar surface area (TPSA) is 41.6 Å². The first-order chi connectivity index (χ1) is 11.0. The third kappa shape index (κ3) is 5.50. The Kier molecular flexibility index (Phi) is 6.90. The molecule has 1 amide bonds. The lowest BCUT2D eigenvalue weighted by Gasteiger charge is -2.32. The number of ether oxygens (including phenoxy) is 1. The Balaban J connectivity index is 1.99. The lowest BCUT2D eigenvalue weighted by atomic mass is 9.93. The summed E-state index contributed by atoms with van der Waals surface area (Å²) in [5.41, 5.74) is 0.698. The van der Waals surface area contributed by atoms with Crippen LogP contribution in [0.15, 0.2) is 22.7 Å². The van der Waals surface area contributed by atoms with Crippen molar-refractivity contribution in [1.82, 2.24) is 10.2 Å². The molecule has 0 radical (unpaired) electrons. The highest BCUT2D eigenvalue weighted by Crippen LogP contribution is 2.26. The van der Waals surface area contributed by atoms with E-state index in [9.17, 15) is 4.79 Å². The second-order valence-corrected chi connectivity index (χ2v) is 7.39. The fourth-order valence-corrected chi connectivity index (χ4v) is 3.45. The van der Waals surface area contributed by atoms with Gasteiger partial charge in [-0.05, 0) is 70.8 Å². The van der Waals surface area contributed by atoms with Crippen LogP contribution in [0.5, 0.6) is 5.75 Å². The molecular weight excluding hydrogens is 356 g/mol. The van der Waals surface area contributed by atoms with Crippen LogP contribution in [-0.2, 0) is 0 Å². The van der Waals surface area contributed by atoms with E-state index in [4.69, 9.17) is 4.74 Å². The number of hydrogen-bond donors (Lipinski definition) is 1. The van der Waals surface area contributed by atoms with Gasteiger partial charge in [-0.3, -0.25) is 4.79 Å². The van der Waals surface area contributed by atoms with E-state index in [0.29, 0.717) is 5.56 Å². The summed E-state index contributed by atoms with van der Waals surface area (Å²) in [5, 5.41) is 3.20. The van der Waals surface area contributed by atoms with E-state index in [1.54, 1.807) is 0 Å². The molecule has 1 aromatic carbocycles. The highest BCUT2D eigenvalue weighted by molar-refractivity contribution is 9.10. The van der Waals surface area contributed by atoms with Gasteiger partial charge in [0.25, 0.3) is 5.91 Å². The number of halogens is 1. The maximum atomic E-state index is 12.7. The summed E-state index contributed by atoms with van der Waals surface area (Å²) < 4.78 is 6.60. The Morgan fingerprint density at radius 3 is 2.65 bits per heavy atom. The fourth-order valence-electron chi connectivity index (χ4n) is 2.98. The third-order valence-corrected chi connectivity index (χ3v) is 4.65. The van der Waals surface area contributed by atoms with Crippen molar-refractivity contribution in [2.75, 3.05) is 26.7 Å². The van der Waals surface area contributed by atoms with Crippen molar-refractivity contribution >= 4 is 21.8 Å². The molecule has 0 aromatic heterocycles. The summed E-state index contributed by atoms with van der Waals surface area (Å²) in [6.07, 6.45) is 3.48. The van der Waals surface area contributed by atoms with Gasteiger partial charge < -0.3 is 15.0 Å². The number of benzene rings is 1. The smallest absolute Gasteiger partial charge is 0.254 e. The number of piperidine rings is 1. The highest BCUT2D eigenvalue weighted by atomic mass is 79.9. The van der Waals surface area contributed by atoms with Gasteiger partial charge in [-0.1, -0.05) is 15.9 Å². The second kappa shape index (κ2) is 8.69. The van der Waals surface area contributed by atoms with Crippen molar-refractivity contribution in [3.8, 4) is 5.75 Å². The van der Waals surface area contributed by atoms with Crippen LogP contribution in [0.2, 0.25) is 0 Å². The molecule has 1 aliphatic heterocycles. The molecule has 1 N–H and O–H groups in total. The minimum atomic E-state index is 0.0928. The third-order valence-electron chi connectivity index (χ3n) is 4.19. The van der Waals surface area contributed by atoms with Gasteiger partial charge in [0.05, 0.1) is 6.10 Å². The van der Waals surface area contributed by atoms with Gasteiger partial charge in [-0.2, -0.15) is 0 Å². The van der Waals surface area contributed by atoms with Crippen molar-refractivity contribution < 1.29 is 9.53 Å². The molecule has 1 saturated heterocycles. The zero-order chi connectivity index (χ0) is 16.8. The van der Waals surface area contributed by atoms with E-state index in [1.807, 2.05) is 44.0 Å². The molecule has 0 unspecified atom stereocenters. The normalized spacial score (nSPS) is 16.0. The van der Waals surface area contributed by atoms with E-state index in [1.165, 1.54) is 6.42 Å². The van der Waals surface area contributed by atoms with Crippen LogP contribution in [0, 0.1) is 5.92 Å². The molecule has 1 aromatic rings. The summed E-state index contributed by atoms with van der Waals surface area (Å²) in [7, 11) is 1.99. The van der Waals surface area contributed by atoms with E-state index in [0.717, 1.165) is 48.6 Å². The molecule has 0 aliphatic carbocycles. The Labute approximate surface area is 147 Å². The van der Waals surface area contributed by atoms with Gasteiger partial charge in [0.1, 0.15) is 5.75 Å². The monoisotopic (exact) mass is 382 g/mol.